The maximum atomic E-state index is 13.0. The van der Waals surface area contributed by atoms with Crippen LogP contribution in [0.2, 0.25) is 0 Å². The molecule has 16 heavy (non-hydrogen) atoms. The average Bonchev–Trinajstić information content (AvgIpc) is 2.59. The van der Waals surface area contributed by atoms with Gasteiger partial charge in [0.25, 0.3) is 0 Å². The average molecular weight is 238 g/mol. The van der Waals surface area contributed by atoms with Gasteiger partial charge in [0.2, 0.25) is 0 Å². The summed E-state index contributed by atoms with van der Waals surface area (Å²) in [5.74, 6) is 0.135. The molecule has 1 heterocycles. The predicted octanol–water partition coefficient (Wildman–Crippen LogP) is 2.85. The quantitative estimate of drug-likeness (QED) is 0.875. The van der Waals surface area contributed by atoms with E-state index in [1.54, 1.807) is 6.07 Å². The molecule has 0 fully saturated rings. The van der Waals surface area contributed by atoms with Crippen LogP contribution in [0.3, 0.4) is 0 Å². The molecule has 2 rings (SSSR count). The largest absolute Gasteiger partial charge is 0.496 e. The minimum Gasteiger partial charge on any atom is -0.496 e. The lowest BCUT2D eigenvalue weighted by atomic mass is 10.2. The number of thiazole rings is 1. The number of halogens is 1. The fraction of sp³-hybridized carbons (Fsp3) is 0.182. The third kappa shape index (κ3) is 1.86. The number of ether oxygens (including phenoxy) is 1. The van der Waals surface area contributed by atoms with Gasteiger partial charge in [-0.2, -0.15) is 0 Å². The second-order valence-corrected chi connectivity index (χ2v) is 4.34. The summed E-state index contributed by atoms with van der Waals surface area (Å²) in [6.07, 6.45) is 0. The van der Waals surface area contributed by atoms with Crippen molar-refractivity contribution in [1.82, 2.24) is 4.98 Å². The van der Waals surface area contributed by atoms with E-state index in [9.17, 15) is 4.39 Å². The van der Waals surface area contributed by atoms with Crippen LogP contribution in [-0.4, -0.2) is 12.1 Å². The van der Waals surface area contributed by atoms with Crippen molar-refractivity contribution < 1.29 is 9.13 Å². The fourth-order valence-corrected chi connectivity index (χ4v) is 2.23. The highest BCUT2D eigenvalue weighted by Crippen LogP contribution is 2.35. The van der Waals surface area contributed by atoms with Crippen LogP contribution >= 0.6 is 11.3 Å². The van der Waals surface area contributed by atoms with Gasteiger partial charge in [-0.15, -0.1) is 0 Å². The zero-order chi connectivity index (χ0) is 11.7. The molecule has 0 radical (unpaired) electrons. The highest BCUT2D eigenvalue weighted by Gasteiger charge is 2.12. The summed E-state index contributed by atoms with van der Waals surface area (Å²) in [7, 11) is 1.50. The van der Waals surface area contributed by atoms with E-state index < -0.39 is 0 Å². The highest BCUT2D eigenvalue weighted by atomic mass is 32.1. The number of nitrogens with zero attached hydrogens (tertiary/aromatic N) is 1. The van der Waals surface area contributed by atoms with Crippen molar-refractivity contribution >= 4 is 16.3 Å². The number of nitrogens with two attached hydrogens (primary N) is 1. The molecular formula is C11H11FN2OS. The van der Waals surface area contributed by atoms with Gasteiger partial charge in [-0.05, 0) is 19.1 Å². The topological polar surface area (TPSA) is 48.1 Å². The summed E-state index contributed by atoms with van der Waals surface area (Å²) in [6, 6.07) is 4.36. The van der Waals surface area contributed by atoms with Crippen LogP contribution in [0, 0.1) is 12.7 Å². The van der Waals surface area contributed by atoms with Crippen molar-refractivity contribution in [3.63, 3.8) is 0 Å². The number of hydrogen-bond donors (Lipinski definition) is 1. The summed E-state index contributed by atoms with van der Waals surface area (Å²) in [5, 5.41) is 1.41. The Bertz CT molecular complexity index is 505. The van der Waals surface area contributed by atoms with Crippen LogP contribution in [0.15, 0.2) is 18.2 Å². The summed E-state index contributed by atoms with van der Waals surface area (Å²) < 4.78 is 18.1. The molecule has 0 aliphatic heterocycles. The first-order chi connectivity index (χ1) is 7.61. The first-order valence-corrected chi connectivity index (χ1v) is 5.50. The van der Waals surface area contributed by atoms with Crippen molar-refractivity contribution in [2.45, 2.75) is 6.92 Å². The van der Waals surface area contributed by atoms with Gasteiger partial charge in [0.15, 0.2) is 0 Å². The molecule has 0 aliphatic rings. The maximum absolute atomic E-state index is 13.0. The summed E-state index contributed by atoms with van der Waals surface area (Å²) in [5.41, 5.74) is 7.28. The lowest BCUT2D eigenvalue weighted by Crippen LogP contribution is -1.89. The molecule has 0 saturated heterocycles. The van der Waals surface area contributed by atoms with Crippen LogP contribution in [-0.2, 0) is 0 Å². The molecule has 0 atom stereocenters. The Morgan fingerprint density at radius 3 is 2.75 bits per heavy atom. The van der Waals surface area contributed by atoms with E-state index in [4.69, 9.17) is 10.5 Å². The normalized spacial score (nSPS) is 10.4. The van der Waals surface area contributed by atoms with Gasteiger partial charge in [-0.3, -0.25) is 0 Å². The molecule has 0 unspecified atom stereocenters. The van der Waals surface area contributed by atoms with Crippen molar-refractivity contribution in [3.8, 4) is 16.3 Å². The number of aryl methyl sites for hydroxylation is 1. The molecule has 2 aromatic rings. The zero-order valence-corrected chi connectivity index (χ0v) is 9.77. The van der Waals surface area contributed by atoms with E-state index in [1.807, 2.05) is 6.92 Å². The minimum atomic E-state index is -0.332. The van der Waals surface area contributed by atoms with Gasteiger partial charge in [0.1, 0.15) is 21.6 Å². The monoisotopic (exact) mass is 238 g/mol. The van der Waals surface area contributed by atoms with Crippen LogP contribution < -0.4 is 10.5 Å². The Balaban J connectivity index is 2.55. The van der Waals surface area contributed by atoms with Crippen LogP contribution in [0.25, 0.3) is 10.6 Å². The molecule has 2 N–H and O–H groups in total. The maximum Gasteiger partial charge on any atom is 0.132 e. The van der Waals surface area contributed by atoms with Crippen molar-refractivity contribution in [2.75, 3.05) is 12.8 Å². The summed E-state index contributed by atoms with van der Waals surface area (Å²) in [4.78, 5) is 4.31. The van der Waals surface area contributed by atoms with Crippen molar-refractivity contribution in [1.29, 1.82) is 0 Å². The number of methoxy groups -OCH3 is 1. The standard InChI is InChI=1S/C11H11FN2OS/c1-6-10(13)16-11(14-6)8-4-3-7(12)5-9(8)15-2/h3-5H,13H2,1-2H3. The Kier molecular flexibility index (Phi) is 2.78. The van der Waals surface area contributed by atoms with Gasteiger partial charge >= 0.3 is 0 Å². The van der Waals surface area contributed by atoms with E-state index >= 15 is 0 Å². The van der Waals surface area contributed by atoms with Gasteiger partial charge in [0, 0.05) is 6.07 Å². The van der Waals surface area contributed by atoms with E-state index in [0.717, 1.165) is 16.3 Å². The number of nitrogen functional groups attached to an aromatic ring is 1. The van der Waals surface area contributed by atoms with E-state index in [0.29, 0.717) is 10.8 Å². The molecule has 0 bridgehead atoms. The molecule has 1 aromatic carbocycles. The molecule has 0 aliphatic carbocycles. The third-order valence-corrected chi connectivity index (χ3v) is 3.25. The number of anilines is 1. The fourth-order valence-electron chi connectivity index (χ4n) is 1.37. The Morgan fingerprint density at radius 2 is 2.19 bits per heavy atom. The Morgan fingerprint density at radius 1 is 1.44 bits per heavy atom. The summed E-state index contributed by atoms with van der Waals surface area (Å²) in [6.45, 7) is 1.84. The number of benzene rings is 1. The molecule has 3 nitrogen and oxygen atoms in total. The van der Waals surface area contributed by atoms with E-state index in [1.165, 1.54) is 30.6 Å². The molecule has 0 saturated carbocycles. The molecule has 1 aromatic heterocycles. The van der Waals surface area contributed by atoms with Crippen LogP contribution in [0.4, 0.5) is 9.39 Å². The first-order valence-electron chi connectivity index (χ1n) is 4.68. The molecule has 0 amide bonds. The van der Waals surface area contributed by atoms with Gasteiger partial charge < -0.3 is 10.5 Å². The molecule has 0 spiro atoms. The second-order valence-electron chi connectivity index (χ2n) is 3.31. The van der Waals surface area contributed by atoms with Crippen LogP contribution in [0.1, 0.15) is 5.69 Å². The highest BCUT2D eigenvalue weighted by molar-refractivity contribution is 7.18. The minimum absolute atomic E-state index is 0.332. The smallest absolute Gasteiger partial charge is 0.132 e. The number of rotatable bonds is 2. The number of hydrogen-bond acceptors (Lipinski definition) is 4. The summed E-state index contributed by atoms with van der Waals surface area (Å²) >= 11 is 1.37. The van der Waals surface area contributed by atoms with E-state index in [2.05, 4.69) is 4.98 Å². The van der Waals surface area contributed by atoms with Crippen molar-refractivity contribution in [3.05, 3.63) is 29.7 Å². The lowest BCUT2D eigenvalue weighted by molar-refractivity contribution is 0.413. The second kappa shape index (κ2) is 4.09. The molecule has 5 heteroatoms. The van der Waals surface area contributed by atoms with Crippen molar-refractivity contribution in [2.24, 2.45) is 0 Å². The molecular weight excluding hydrogens is 227 g/mol. The Labute approximate surface area is 96.7 Å². The van der Waals surface area contributed by atoms with Gasteiger partial charge in [0.05, 0.1) is 18.4 Å². The van der Waals surface area contributed by atoms with Gasteiger partial charge in [-0.25, -0.2) is 9.37 Å². The molecule has 84 valence electrons. The lowest BCUT2D eigenvalue weighted by Gasteiger charge is -2.05. The van der Waals surface area contributed by atoms with Crippen LogP contribution in [0.5, 0.6) is 5.75 Å². The predicted molar refractivity (Wildman–Crippen MR) is 63.2 cm³/mol. The van der Waals surface area contributed by atoms with Gasteiger partial charge in [-0.1, -0.05) is 11.3 Å². The third-order valence-electron chi connectivity index (χ3n) is 2.23. The SMILES string of the molecule is COc1cc(F)ccc1-c1nc(C)c(N)s1. The zero-order valence-electron chi connectivity index (χ0n) is 8.95. The Hall–Kier alpha value is -1.62. The number of aromatic nitrogens is 1. The first kappa shape index (κ1) is 10.9. The van der Waals surface area contributed by atoms with E-state index in [-0.39, 0.29) is 5.82 Å².